The van der Waals surface area contributed by atoms with Crippen molar-refractivity contribution in [2.45, 2.75) is 0 Å². The van der Waals surface area contributed by atoms with Crippen molar-refractivity contribution < 1.29 is 5.43 Å². The SMILES string of the molecule is Clc1ccc(-c2csc([NH2+]N=Cc3cccnc3)n2)cc1. The van der Waals surface area contributed by atoms with Crippen LogP contribution in [0.2, 0.25) is 5.02 Å². The first kappa shape index (κ1) is 13.9. The molecule has 0 aliphatic heterocycles. The lowest BCUT2D eigenvalue weighted by Gasteiger charge is -1.95. The van der Waals surface area contributed by atoms with Gasteiger partial charge in [0.2, 0.25) is 0 Å². The van der Waals surface area contributed by atoms with Crippen molar-refractivity contribution in [3.8, 4) is 11.3 Å². The first-order valence-corrected chi connectivity index (χ1v) is 7.55. The molecule has 0 aliphatic carbocycles. The molecule has 0 saturated carbocycles. The van der Waals surface area contributed by atoms with Crippen molar-refractivity contribution in [3.63, 3.8) is 0 Å². The number of quaternary nitrogens is 1. The van der Waals surface area contributed by atoms with Crippen LogP contribution in [0, 0.1) is 0 Å². The molecule has 3 aromatic rings. The summed E-state index contributed by atoms with van der Waals surface area (Å²) in [7, 11) is 0. The molecule has 0 aliphatic rings. The molecule has 0 fully saturated rings. The summed E-state index contributed by atoms with van der Waals surface area (Å²) >= 11 is 7.44. The van der Waals surface area contributed by atoms with Crippen molar-refractivity contribution in [2.75, 3.05) is 0 Å². The van der Waals surface area contributed by atoms with Crippen LogP contribution in [-0.4, -0.2) is 16.2 Å². The zero-order valence-electron chi connectivity index (χ0n) is 11.0. The number of benzene rings is 1. The van der Waals surface area contributed by atoms with Crippen molar-refractivity contribution in [2.24, 2.45) is 5.10 Å². The molecule has 0 bridgehead atoms. The van der Waals surface area contributed by atoms with E-state index in [9.17, 15) is 0 Å². The molecule has 0 amide bonds. The average molecular weight is 316 g/mol. The van der Waals surface area contributed by atoms with E-state index in [-0.39, 0.29) is 0 Å². The summed E-state index contributed by atoms with van der Waals surface area (Å²) < 4.78 is 0. The number of pyridine rings is 1. The molecule has 0 spiro atoms. The lowest BCUT2D eigenvalue weighted by atomic mass is 10.2. The van der Waals surface area contributed by atoms with Crippen LogP contribution < -0.4 is 5.43 Å². The number of rotatable bonds is 4. The Morgan fingerprint density at radius 3 is 2.81 bits per heavy atom. The van der Waals surface area contributed by atoms with Gasteiger partial charge in [0.15, 0.2) is 0 Å². The number of aromatic nitrogens is 2. The van der Waals surface area contributed by atoms with Gasteiger partial charge < -0.3 is 0 Å². The van der Waals surface area contributed by atoms with E-state index in [0.29, 0.717) is 0 Å². The molecule has 1 aromatic carbocycles. The molecule has 0 radical (unpaired) electrons. The Morgan fingerprint density at radius 2 is 2.05 bits per heavy atom. The van der Waals surface area contributed by atoms with Crippen molar-refractivity contribution in [3.05, 3.63) is 64.8 Å². The third-order valence-corrected chi connectivity index (χ3v) is 3.79. The van der Waals surface area contributed by atoms with E-state index in [0.717, 1.165) is 27.0 Å². The van der Waals surface area contributed by atoms with E-state index in [1.807, 2.05) is 41.8 Å². The van der Waals surface area contributed by atoms with E-state index in [4.69, 9.17) is 11.6 Å². The first-order chi connectivity index (χ1) is 10.3. The molecule has 21 heavy (non-hydrogen) atoms. The minimum absolute atomic E-state index is 0.724. The van der Waals surface area contributed by atoms with Crippen molar-refractivity contribution >= 4 is 34.3 Å². The van der Waals surface area contributed by atoms with Crippen LogP contribution in [-0.2, 0) is 0 Å². The second kappa shape index (κ2) is 6.58. The Balaban J connectivity index is 1.68. The molecular formula is C15H12ClN4S+. The molecule has 2 aromatic heterocycles. The summed E-state index contributed by atoms with van der Waals surface area (Å²) in [6.45, 7) is 0. The highest BCUT2D eigenvalue weighted by atomic mass is 35.5. The van der Waals surface area contributed by atoms with Gasteiger partial charge in [0.05, 0.1) is 11.9 Å². The van der Waals surface area contributed by atoms with Gasteiger partial charge >= 0.3 is 5.13 Å². The molecular weight excluding hydrogens is 304 g/mol. The molecule has 2 N–H and O–H groups in total. The standard InChI is InChI=1S/C15H11ClN4S/c16-13-5-3-12(4-6-13)14-10-21-15(19-14)20-18-9-11-2-1-7-17-8-11/h1-10H,(H,19,20)/p+1. The van der Waals surface area contributed by atoms with E-state index >= 15 is 0 Å². The van der Waals surface area contributed by atoms with Gasteiger partial charge in [0.25, 0.3) is 0 Å². The Hall–Kier alpha value is -2.08. The van der Waals surface area contributed by atoms with Gasteiger partial charge in [-0.1, -0.05) is 46.2 Å². The Bertz CT molecular complexity index is 738. The van der Waals surface area contributed by atoms with Gasteiger partial charge in [0, 0.05) is 33.9 Å². The third kappa shape index (κ3) is 3.72. The van der Waals surface area contributed by atoms with E-state index < -0.39 is 0 Å². The van der Waals surface area contributed by atoms with Gasteiger partial charge in [-0.3, -0.25) is 4.98 Å². The van der Waals surface area contributed by atoms with E-state index in [1.54, 1.807) is 35.4 Å². The zero-order valence-corrected chi connectivity index (χ0v) is 12.6. The second-order valence-electron chi connectivity index (χ2n) is 4.27. The summed E-state index contributed by atoms with van der Waals surface area (Å²) in [5.74, 6) is 0. The van der Waals surface area contributed by atoms with Crippen LogP contribution in [0.25, 0.3) is 11.3 Å². The monoisotopic (exact) mass is 315 g/mol. The highest BCUT2D eigenvalue weighted by molar-refractivity contribution is 7.13. The lowest BCUT2D eigenvalue weighted by molar-refractivity contribution is -0.576. The molecule has 6 heteroatoms. The van der Waals surface area contributed by atoms with Gasteiger partial charge in [-0.2, -0.15) is 10.4 Å². The van der Waals surface area contributed by atoms with E-state index in [1.165, 1.54) is 0 Å². The number of thiazole rings is 1. The van der Waals surface area contributed by atoms with E-state index in [2.05, 4.69) is 15.1 Å². The van der Waals surface area contributed by atoms with Crippen LogP contribution in [0.1, 0.15) is 5.56 Å². The number of nitrogens with two attached hydrogens (primary N) is 1. The summed E-state index contributed by atoms with van der Waals surface area (Å²) in [5.41, 5.74) is 4.69. The Morgan fingerprint density at radius 1 is 1.19 bits per heavy atom. The minimum Gasteiger partial charge on any atom is -0.264 e. The highest BCUT2D eigenvalue weighted by Gasteiger charge is 2.06. The maximum Gasteiger partial charge on any atom is 0.310 e. The maximum atomic E-state index is 5.88. The topological polar surface area (TPSA) is 54.8 Å². The largest absolute Gasteiger partial charge is 0.310 e. The minimum atomic E-state index is 0.724. The molecule has 104 valence electrons. The predicted octanol–water partition coefficient (Wildman–Crippen LogP) is 3.09. The summed E-state index contributed by atoms with van der Waals surface area (Å²) in [5, 5.41) is 7.86. The fourth-order valence-corrected chi connectivity index (χ4v) is 2.56. The lowest BCUT2D eigenvalue weighted by Crippen LogP contribution is -2.71. The Kier molecular flexibility index (Phi) is 4.35. The number of hydrogen-bond acceptors (Lipinski definition) is 4. The number of hydrogen-bond donors (Lipinski definition) is 1. The smallest absolute Gasteiger partial charge is 0.264 e. The summed E-state index contributed by atoms with van der Waals surface area (Å²) in [6, 6.07) is 11.5. The van der Waals surface area contributed by atoms with Gasteiger partial charge in [0.1, 0.15) is 0 Å². The fourth-order valence-electron chi connectivity index (χ4n) is 1.74. The van der Waals surface area contributed by atoms with Crippen LogP contribution in [0.15, 0.2) is 59.3 Å². The summed E-state index contributed by atoms with van der Waals surface area (Å²) in [4.78, 5) is 8.56. The van der Waals surface area contributed by atoms with Crippen molar-refractivity contribution in [1.29, 1.82) is 0 Å². The molecule has 4 nitrogen and oxygen atoms in total. The van der Waals surface area contributed by atoms with Crippen LogP contribution in [0.5, 0.6) is 0 Å². The second-order valence-corrected chi connectivity index (χ2v) is 5.60. The zero-order chi connectivity index (χ0) is 14.5. The van der Waals surface area contributed by atoms with Crippen LogP contribution >= 0.6 is 22.9 Å². The highest BCUT2D eigenvalue weighted by Crippen LogP contribution is 2.23. The molecule has 3 rings (SSSR count). The van der Waals surface area contributed by atoms with Crippen LogP contribution in [0.3, 0.4) is 0 Å². The third-order valence-electron chi connectivity index (χ3n) is 2.75. The quantitative estimate of drug-likeness (QED) is 0.457. The average Bonchev–Trinajstić information content (AvgIpc) is 2.98. The van der Waals surface area contributed by atoms with Gasteiger partial charge in [-0.25, -0.2) is 0 Å². The number of halogens is 1. The van der Waals surface area contributed by atoms with Crippen molar-refractivity contribution in [1.82, 2.24) is 9.97 Å². The fraction of sp³-hybridized carbons (Fsp3) is 0. The molecule has 0 atom stereocenters. The summed E-state index contributed by atoms with van der Waals surface area (Å²) in [6.07, 6.45) is 5.26. The molecule has 0 unspecified atom stereocenters. The molecule has 2 heterocycles. The Labute approximate surface area is 131 Å². The van der Waals surface area contributed by atoms with Gasteiger partial charge in [-0.05, 0) is 18.2 Å². The maximum absolute atomic E-state index is 5.88. The van der Waals surface area contributed by atoms with Gasteiger partial charge in [-0.15, -0.1) is 0 Å². The predicted molar refractivity (Wildman–Crippen MR) is 86.0 cm³/mol. The number of nitrogens with zero attached hydrogens (tertiary/aromatic N) is 3. The van der Waals surface area contributed by atoms with Crippen LogP contribution in [0.4, 0.5) is 5.13 Å². The molecule has 0 saturated heterocycles. The first-order valence-electron chi connectivity index (χ1n) is 6.29. The normalized spacial score (nSPS) is 11.1.